The number of rotatable bonds is 4. The van der Waals surface area contributed by atoms with E-state index in [0.717, 1.165) is 6.42 Å². The summed E-state index contributed by atoms with van der Waals surface area (Å²) in [5.41, 5.74) is 1.04. The minimum absolute atomic E-state index is 0.333. The topological polar surface area (TPSA) is 33.0 Å². The second kappa shape index (κ2) is 5.36. The molecule has 0 heterocycles. The Kier molecular flexibility index (Phi) is 4.09. The third-order valence-corrected chi connectivity index (χ3v) is 1.70. The Morgan fingerprint density at radius 3 is 2.86 bits per heavy atom. The highest BCUT2D eigenvalue weighted by Gasteiger charge is 2.00. The van der Waals surface area contributed by atoms with Crippen molar-refractivity contribution in [1.29, 1.82) is 5.26 Å². The fourth-order valence-electron chi connectivity index (χ4n) is 1.13. The van der Waals surface area contributed by atoms with Crippen molar-refractivity contribution >= 4 is 0 Å². The molecule has 0 N–H and O–H groups in total. The minimum Gasteiger partial charge on any atom is -0.377 e. The highest BCUT2D eigenvalue weighted by Crippen LogP contribution is 2.09. The van der Waals surface area contributed by atoms with Gasteiger partial charge in [0.2, 0.25) is 0 Å². The molecule has 1 aromatic carbocycles. The van der Waals surface area contributed by atoms with E-state index in [4.69, 9.17) is 10.00 Å². The summed E-state index contributed by atoms with van der Waals surface area (Å²) in [6, 6.07) is 6.14. The fraction of sp³-hybridized carbons (Fsp3) is 0.364. The number of halogens is 1. The van der Waals surface area contributed by atoms with Crippen LogP contribution >= 0.6 is 0 Å². The fourth-order valence-corrected chi connectivity index (χ4v) is 1.13. The second-order valence-electron chi connectivity index (χ2n) is 3.01. The van der Waals surface area contributed by atoms with Crippen molar-refractivity contribution in [2.75, 3.05) is 6.61 Å². The highest BCUT2D eigenvalue weighted by molar-refractivity contribution is 5.33. The zero-order valence-electron chi connectivity index (χ0n) is 8.09. The number of nitriles is 1. The molecule has 0 saturated carbocycles. The quantitative estimate of drug-likeness (QED) is 0.688. The smallest absolute Gasteiger partial charge is 0.124 e. The van der Waals surface area contributed by atoms with E-state index < -0.39 is 0 Å². The van der Waals surface area contributed by atoms with Gasteiger partial charge in [0.15, 0.2) is 0 Å². The molecule has 0 unspecified atom stereocenters. The van der Waals surface area contributed by atoms with Crippen molar-refractivity contribution in [2.24, 2.45) is 0 Å². The third-order valence-electron chi connectivity index (χ3n) is 1.70. The Morgan fingerprint density at radius 2 is 2.21 bits per heavy atom. The van der Waals surface area contributed by atoms with Crippen LogP contribution in [0.3, 0.4) is 0 Å². The van der Waals surface area contributed by atoms with Gasteiger partial charge in [0, 0.05) is 6.61 Å². The van der Waals surface area contributed by atoms with Gasteiger partial charge in [-0.2, -0.15) is 5.26 Å². The van der Waals surface area contributed by atoms with Crippen molar-refractivity contribution in [3.63, 3.8) is 0 Å². The van der Waals surface area contributed by atoms with Crippen molar-refractivity contribution < 1.29 is 9.13 Å². The lowest BCUT2D eigenvalue weighted by Crippen LogP contribution is -1.95. The number of benzene rings is 1. The largest absolute Gasteiger partial charge is 0.377 e. The summed E-state index contributed by atoms with van der Waals surface area (Å²) >= 11 is 0. The molecule has 0 aliphatic carbocycles. The number of hydrogen-bond acceptors (Lipinski definition) is 2. The molecule has 0 radical (unpaired) electrons. The Morgan fingerprint density at radius 1 is 1.43 bits per heavy atom. The van der Waals surface area contributed by atoms with Crippen LogP contribution in [0, 0.1) is 17.1 Å². The molecule has 1 rings (SSSR count). The van der Waals surface area contributed by atoms with E-state index in [2.05, 4.69) is 0 Å². The van der Waals surface area contributed by atoms with Gasteiger partial charge in [-0.3, -0.25) is 0 Å². The first-order valence-electron chi connectivity index (χ1n) is 4.53. The number of nitrogens with zero attached hydrogens (tertiary/aromatic N) is 1. The van der Waals surface area contributed by atoms with Crippen LogP contribution in [0.2, 0.25) is 0 Å². The van der Waals surface area contributed by atoms with E-state index in [1.807, 2.05) is 13.0 Å². The summed E-state index contributed by atoms with van der Waals surface area (Å²) in [6.07, 6.45) is 0.931. The van der Waals surface area contributed by atoms with Crippen LogP contribution in [0.5, 0.6) is 0 Å². The van der Waals surface area contributed by atoms with Gasteiger partial charge >= 0.3 is 0 Å². The molecular weight excluding hydrogens is 181 g/mol. The van der Waals surface area contributed by atoms with Gasteiger partial charge in [-0.15, -0.1) is 0 Å². The lowest BCUT2D eigenvalue weighted by atomic mass is 10.1. The average Bonchev–Trinajstić information content (AvgIpc) is 2.17. The maximum Gasteiger partial charge on any atom is 0.124 e. The van der Waals surface area contributed by atoms with E-state index in [0.29, 0.717) is 24.3 Å². The van der Waals surface area contributed by atoms with Gasteiger partial charge in [0.05, 0.1) is 18.2 Å². The van der Waals surface area contributed by atoms with E-state index in [1.165, 1.54) is 12.1 Å². The molecule has 0 aromatic heterocycles. The lowest BCUT2D eigenvalue weighted by Gasteiger charge is -2.03. The van der Waals surface area contributed by atoms with E-state index in [9.17, 15) is 4.39 Å². The molecule has 0 amide bonds. The monoisotopic (exact) mass is 193 g/mol. The van der Waals surface area contributed by atoms with Gasteiger partial charge in [-0.1, -0.05) is 6.92 Å². The molecule has 74 valence electrons. The molecule has 0 bridgehead atoms. The summed E-state index contributed by atoms with van der Waals surface area (Å²) < 4.78 is 18.2. The zero-order valence-corrected chi connectivity index (χ0v) is 8.09. The number of hydrogen-bond donors (Lipinski definition) is 0. The summed E-state index contributed by atoms with van der Waals surface area (Å²) in [4.78, 5) is 0. The molecule has 0 fully saturated rings. The summed E-state index contributed by atoms with van der Waals surface area (Å²) in [6.45, 7) is 3.02. The number of ether oxygens (including phenoxy) is 1. The molecular formula is C11H12FNO. The van der Waals surface area contributed by atoms with Crippen molar-refractivity contribution in [3.05, 3.63) is 35.1 Å². The maximum absolute atomic E-state index is 12.9. The van der Waals surface area contributed by atoms with E-state index in [-0.39, 0.29) is 5.82 Å². The molecule has 0 saturated heterocycles. The standard InChI is InChI=1S/C11H12FNO/c1-2-3-14-8-10-4-9(7-13)5-11(12)6-10/h4-6H,2-3,8H2,1H3. The molecule has 0 aliphatic rings. The predicted molar refractivity (Wildman–Crippen MR) is 51.1 cm³/mol. The van der Waals surface area contributed by atoms with Crippen molar-refractivity contribution in [2.45, 2.75) is 20.0 Å². The van der Waals surface area contributed by atoms with Crippen LogP contribution in [0.4, 0.5) is 4.39 Å². The van der Waals surface area contributed by atoms with Crippen molar-refractivity contribution in [3.8, 4) is 6.07 Å². The first kappa shape index (κ1) is 10.7. The lowest BCUT2D eigenvalue weighted by molar-refractivity contribution is 0.121. The van der Waals surface area contributed by atoms with Crippen LogP contribution in [0.15, 0.2) is 18.2 Å². The second-order valence-corrected chi connectivity index (χ2v) is 3.01. The maximum atomic E-state index is 12.9. The first-order valence-corrected chi connectivity index (χ1v) is 4.53. The molecule has 2 nitrogen and oxygen atoms in total. The molecule has 0 aliphatic heterocycles. The molecule has 0 atom stereocenters. The van der Waals surface area contributed by atoms with Crippen molar-refractivity contribution in [1.82, 2.24) is 0 Å². The Balaban J connectivity index is 2.68. The van der Waals surface area contributed by atoms with Gasteiger partial charge in [0.1, 0.15) is 5.82 Å². The van der Waals surface area contributed by atoms with Gasteiger partial charge < -0.3 is 4.74 Å². The van der Waals surface area contributed by atoms with Crippen LogP contribution < -0.4 is 0 Å². The van der Waals surface area contributed by atoms with Crippen LogP contribution in [-0.4, -0.2) is 6.61 Å². The van der Waals surface area contributed by atoms with Gasteiger partial charge in [0.25, 0.3) is 0 Å². The first-order chi connectivity index (χ1) is 6.76. The average molecular weight is 193 g/mol. The molecule has 14 heavy (non-hydrogen) atoms. The third kappa shape index (κ3) is 3.15. The minimum atomic E-state index is -0.390. The predicted octanol–water partition coefficient (Wildman–Crippen LogP) is 2.62. The normalized spacial score (nSPS) is 9.79. The van der Waals surface area contributed by atoms with E-state index in [1.54, 1.807) is 6.07 Å². The SMILES string of the molecule is CCCOCc1cc(F)cc(C#N)c1. The summed E-state index contributed by atoms with van der Waals surface area (Å²) in [5.74, 6) is -0.390. The van der Waals surface area contributed by atoms with Crippen LogP contribution in [0.1, 0.15) is 24.5 Å². The van der Waals surface area contributed by atoms with Crippen LogP contribution in [-0.2, 0) is 11.3 Å². The van der Waals surface area contributed by atoms with Gasteiger partial charge in [-0.25, -0.2) is 4.39 Å². The Hall–Kier alpha value is -1.40. The van der Waals surface area contributed by atoms with E-state index >= 15 is 0 Å². The summed E-state index contributed by atoms with van der Waals surface area (Å²) in [7, 11) is 0. The molecule has 0 spiro atoms. The Labute approximate surface area is 82.9 Å². The van der Waals surface area contributed by atoms with Crippen LogP contribution in [0.25, 0.3) is 0 Å². The summed E-state index contributed by atoms with van der Waals surface area (Å²) in [5, 5.41) is 8.60. The van der Waals surface area contributed by atoms with Gasteiger partial charge in [-0.05, 0) is 30.2 Å². The highest BCUT2D eigenvalue weighted by atomic mass is 19.1. The Bertz CT molecular complexity index is 344. The molecule has 1 aromatic rings. The zero-order chi connectivity index (χ0) is 10.4. The molecule has 3 heteroatoms.